The molecule has 1 aromatic heterocycles. The molecule has 3 rings (SSSR count). The minimum atomic E-state index is 0. The summed E-state index contributed by atoms with van der Waals surface area (Å²) >= 11 is 0. The number of aromatic amines is 1. The summed E-state index contributed by atoms with van der Waals surface area (Å²) in [7, 11) is 1.86. The van der Waals surface area contributed by atoms with E-state index < -0.39 is 0 Å². The number of likely N-dealkylation sites (tertiary alicyclic amines) is 1. The number of aliphatic imine (C=N–C) groups is 1. The molecule has 26 heavy (non-hydrogen) atoms. The van der Waals surface area contributed by atoms with E-state index in [0.29, 0.717) is 11.8 Å². The average Bonchev–Trinajstić information content (AvgIpc) is 3.18. The van der Waals surface area contributed by atoms with E-state index in [9.17, 15) is 0 Å². The molecule has 2 aromatic rings. The Morgan fingerprint density at radius 3 is 2.58 bits per heavy atom. The zero-order chi connectivity index (χ0) is 17.6. The molecule has 1 atom stereocenters. The molecule has 2 heterocycles. The number of H-pyrrole nitrogens is 1. The van der Waals surface area contributed by atoms with Crippen molar-refractivity contribution >= 4 is 29.9 Å². The summed E-state index contributed by atoms with van der Waals surface area (Å²) in [6, 6.07) is 8.78. The molecule has 1 aromatic carbocycles. The lowest BCUT2D eigenvalue weighted by atomic mass is 9.96. The third-order valence-electron chi connectivity index (χ3n) is 5.04. The van der Waals surface area contributed by atoms with Crippen LogP contribution in [0, 0.1) is 6.92 Å². The molecule has 1 saturated heterocycles. The van der Waals surface area contributed by atoms with E-state index in [0.717, 1.165) is 44.3 Å². The lowest BCUT2D eigenvalue weighted by Gasteiger charge is -2.33. The van der Waals surface area contributed by atoms with Crippen molar-refractivity contribution in [2.75, 3.05) is 26.7 Å². The first-order chi connectivity index (χ1) is 12.2. The third-order valence-corrected chi connectivity index (χ3v) is 5.04. The van der Waals surface area contributed by atoms with Crippen molar-refractivity contribution in [3.05, 3.63) is 47.5 Å². The molecule has 1 unspecified atom stereocenters. The van der Waals surface area contributed by atoms with Gasteiger partial charge in [-0.15, -0.1) is 24.0 Å². The van der Waals surface area contributed by atoms with Crippen LogP contribution in [0.1, 0.15) is 48.6 Å². The molecule has 1 aliphatic heterocycles. The Labute approximate surface area is 172 Å². The fourth-order valence-corrected chi connectivity index (χ4v) is 3.37. The highest BCUT2D eigenvalue weighted by molar-refractivity contribution is 14.0. The zero-order valence-electron chi connectivity index (χ0n) is 15.8. The molecule has 6 nitrogen and oxygen atoms in total. The molecule has 2 N–H and O–H groups in total. The van der Waals surface area contributed by atoms with Crippen molar-refractivity contribution < 1.29 is 0 Å². The molecule has 7 heteroatoms. The standard InChI is InChI=1S/C19H28N6.HI/c1-14-4-6-16(7-5-14)15(2)12-21-19(20-3)25-10-8-17(9-11-25)18-22-13-23-24-18;/h4-7,13,15,17H,8-12H2,1-3H3,(H,20,21)(H,22,23,24);1H. The van der Waals surface area contributed by atoms with Gasteiger partial charge in [0, 0.05) is 32.6 Å². The number of nitrogens with one attached hydrogen (secondary N) is 2. The van der Waals surface area contributed by atoms with Gasteiger partial charge in [0.1, 0.15) is 12.2 Å². The predicted molar refractivity (Wildman–Crippen MR) is 116 cm³/mol. The highest BCUT2D eigenvalue weighted by atomic mass is 127. The number of hydrogen-bond acceptors (Lipinski definition) is 3. The lowest BCUT2D eigenvalue weighted by molar-refractivity contribution is 0.298. The minimum Gasteiger partial charge on any atom is -0.356 e. The second-order valence-electron chi connectivity index (χ2n) is 6.87. The molecule has 0 saturated carbocycles. The average molecular weight is 468 g/mol. The summed E-state index contributed by atoms with van der Waals surface area (Å²) in [4.78, 5) is 11.1. The van der Waals surface area contributed by atoms with Gasteiger partial charge in [0.05, 0.1) is 0 Å². The van der Waals surface area contributed by atoms with E-state index in [1.807, 2.05) is 7.05 Å². The fourth-order valence-electron chi connectivity index (χ4n) is 3.37. The van der Waals surface area contributed by atoms with Crippen molar-refractivity contribution in [1.82, 2.24) is 25.4 Å². The van der Waals surface area contributed by atoms with Crippen LogP contribution in [0.15, 0.2) is 35.6 Å². The van der Waals surface area contributed by atoms with Crippen LogP contribution >= 0.6 is 24.0 Å². The molecule has 0 radical (unpaired) electrons. The molecule has 0 spiro atoms. The fraction of sp³-hybridized carbons (Fsp3) is 0.526. The summed E-state index contributed by atoms with van der Waals surface area (Å²) in [5.41, 5.74) is 2.66. The first kappa shape index (κ1) is 20.7. The Morgan fingerprint density at radius 1 is 1.31 bits per heavy atom. The Morgan fingerprint density at radius 2 is 2.00 bits per heavy atom. The first-order valence-corrected chi connectivity index (χ1v) is 9.04. The Bertz CT molecular complexity index is 675. The number of benzene rings is 1. The second kappa shape index (κ2) is 9.89. The number of piperidine rings is 1. The number of nitrogens with zero attached hydrogens (tertiary/aromatic N) is 4. The van der Waals surface area contributed by atoms with Gasteiger partial charge in [0.2, 0.25) is 0 Å². The van der Waals surface area contributed by atoms with Crippen molar-refractivity contribution in [2.45, 2.75) is 38.5 Å². The quantitative estimate of drug-likeness (QED) is 0.411. The summed E-state index contributed by atoms with van der Waals surface area (Å²) < 4.78 is 0. The largest absolute Gasteiger partial charge is 0.356 e. The van der Waals surface area contributed by atoms with Crippen molar-refractivity contribution in [2.24, 2.45) is 4.99 Å². The van der Waals surface area contributed by atoms with E-state index >= 15 is 0 Å². The Balaban J connectivity index is 0.00000243. The van der Waals surface area contributed by atoms with Crippen LogP contribution in [0.25, 0.3) is 0 Å². The SMILES string of the molecule is CN=C(NCC(C)c1ccc(C)cc1)N1CCC(c2ncn[nH]2)CC1.I. The van der Waals surface area contributed by atoms with Crippen molar-refractivity contribution in [3.8, 4) is 0 Å². The summed E-state index contributed by atoms with van der Waals surface area (Å²) in [5.74, 6) is 2.93. The second-order valence-corrected chi connectivity index (χ2v) is 6.87. The molecular formula is C19H29IN6. The maximum absolute atomic E-state index is 4.47. The maximum Gasteiger partial charge on any atom is 0.193 e. The van der Waals surface area contributed by atoms with Gasteiger partial charge in [0.25, 0.3) is 0 Å². The number of halogens is 1. The number of guanidine groups is 1. The third kappa shape index (κ3) is 5.18. The summed E-state index contributed by atoms with van der Waals surface area (Å²) in [5, 5.41) is 10.5. The number of aromatic nitrogens is 3. The predicted octanol–water partition coefficient (Wildman–Crippen LogP) is 3.29. The van der Waals surface area contributed by atoms with Gasteiger partial charge in [-0.25, -0.2) is 4.98 Å². The minimum absolute atomic E-state index is 0. The van der Waals surface area contributed by atoms with Gasteiger partial charge in [-0.3, -0.25) is 10.1 Å². The molecule has 1 fully saturated rings. The van der Waals surface area contributed by atoms with Crippen LogP contribution in [0.2, 0.25) is 0 Å². The van der Waals surface area contributed by atoms with Crippen LogP contribution in [-0.2, 0) is 0 Å². The number of aryl methyl sites for hydroxylation is 1. The Hall–Kier alpha value is -1.64. The molecule has 0 amide bonds. The van der Waals surface area contributed by atoms with Crippen LogP contribution in [0.3, 0.4) is 0 Å². The summed E-state index contributed by atoms with van der Waals surface area (Å²) in [6.45, 7) is 7.24. The highest BCUT2D eigenvalue weighted by Crippen LogP contribution is 2.25. The maximum atomic E-state index is 4.47. The van der Waals surface area contributed by atoms with E-state index in [2.05, 4.69) is 68.5 Å². The van der Waals surface area contributed by atoms with Gasteiger partial charge in [-0.05, 0) is 31.2 Å². The number of rotatable bonds is 4. The van der Waals surface area contributed by atoms with E-state index in [1.165, 1.54) is 11.1 Å². The molecule has 0 bridgehead atoms. The van der Waals surface area contributed by atoms with Crippen molar-refractivity contribution in [1.29, 1.82) is 0 Å². The topological polar surface area (TPSA) is 69.2 Å². The van der Waals surface area contributed by atoms with Gasteiger partial charge in [-0.2, -0.15) is 5.10 Å². The first-order valence-electron chi connectivity index (χ1n) is 9.04. The van der Waals surface area contributed by atoms with Gasteiger partial charge in [-0.1, -0.05) is 36.8 Å². The highest BCUT2D eigenvalue weighted by Gasteiger charge is 2.24. The zero-order valence-corrected chi connectivity index (χ0v) is 18.1. The normalized spacial score (nSPS) is 16.9. The van der Waals surface area contributed by atoms with E-state index in [-0.39, 0.29) is 24.0 Å². The monoisotopic (exact) mass is 468 g/mol. The van der Waals surface area contributed by atoms with Crippen LogP contribution in [0.4, 0.5) is 0 Å². The summed E-state index contributed by atoms with van der Waals surface area (Å²) in [6.07, 6.45) is 3.74. The van der Waals surface area contributed by atoms with E-state index in [4.69, 9.17) is 0 Å². The van der Waals surface area contributed by atoms with Gasteiger partial charge >= 0.3 is 0 Å². The molecule has 142 valence electrons. The molecule has 0 aliphatic carbocycles. The smallest absolute Gasteiger partial charge is 0.193 e. The van der Waals surface area contributed by atoms with Crippen molar-refractivity contribution in [3.63, 3.8) is 0 Å². The molecular weight excluding hydrogens is 439 g/mol. The lowest BCUT2D eigenvalue weighted by Crippen LogP contribution is -2.46. The van der Waals surface area contributed by atoms with Crippen LogP contribution in [0.5, 0.6) is 0 Å². The Kier molecular flexibility index (Phi) is 7.86. The number of hydrogen-bond donors (Lipinski definition) is 2. The molecule has 1 aliphatic rings. The van der Waals surface area contributed by atoms with Crippen LogP contribution in [-0.4, -0.2) is 52.7 Å². The van der Waals surface area contributed by atoms with Crippen LogP contribution < -0.4 is 5.32 Å². The van der Waals surface area contributed by atoms with Gasteiger partial charge in [0.15, 0.2) is 5.96 Å². The van der Waals surface area contributed by atoms with Gasteiger partial charge < -0.3 is 10.2 Å². The van der Waals surface area contributed by atoms with E-state index in [1.54, 1.807) is 6.33 Å².